The van der Waals surface area contributed by atoms with Crippen molar-refractivity contribution in [2.24, 2.45) is 0 Å². The molecule has 0 saturated heterocycles. The summed E-state index contributed by atoms with van der Waals surface area (Å²) in [4.78, 5) is 22.1. The number of anilines is 1. The van der Waals surface area contributed by atoms with Crippen molar-refractivity contribution < 1.29 is 4.79 Å². The molecule has 2 aromatic heterocycles. The Morgan fingerprint density at radius 3 is 3.07 bits per heavy atom. The molecule has 0 unspecified atom stereocenters. The topological polar surface area (TPSA) is 70.7 Å². The fourth-order valence-electron chi connectivity index (χ4n) is 1.29. The van der Waals surface area contributed by atoms with E-state index in [0.29, 0.717) is 11.3 Å². The number of aromatic amines is 1. The minimum Gasteiger partial charge on any atom is -0.341 e. The Kier molecular flexibility index (Phi) is 1.92. The lowest BCUT2D eigenvalue weighted by Crippen LogP contribution is -2.05. The number of hydrogen-bond donors (Lipinski definition) is 2. The molecule has 0 aliphatic heterocycles. The number of aryl methyl sites for hydroxylation is 1. The third kappa shape index (κ3) is 1.56. The van der Waals surface area contributed by atoms with E-state index in [1.807, 2.05) is 13.0 Å². The van der Waals surface area contributed by atoms with E-state index in [0.717, 1.165) is 11.3 Å². The van der Waals surface area contributed by atoms with Gasteiger partial charge in [-0.15, -0.1) is 0 Å². The van der Waals surface area contributed by atoms with Gasteiger partial charge >= 0.3 is 0 Å². The predicted molar refractivity (Wildman–Crippen MR) is 52.9 cm³/mol. The molecule has 0 fully saturated rings. The molecule has 0 spiro atoms. The molecule has 0 saturated carbocycles. The van der Waals surface area contributed by atoms with Crippen LogP contribution in [0.2, 0.25) is 0 Å². The van der Waals surface area contributed by atoms with E-state index in [-0.39, 0.29) is 5.91 Å². The first kappa shape index (κ1) is 8.68. The molecule has 14 heavy (non-hydrogen) atoms. The van der Waals surface area contributed by atoms with Gasteiger partial charge in [0, 0.05) is 6.92 Å². The maximum Gasteiger partial charge on any atom is 0.221 e. The molecule has 0 aromatic carbocycles. The van der Waals surface area contributed by atoms with Crippen molar-refractivity contribution in [3.8, 4) is 0 Å². The molecule has 0 aliphatic carbocycles. The van der Waals surface area contributed by atoms with Crippen LogP contribution in [-0.4, -0.2) is 20.9 Å². The number of imidazole rings is 1. The highest BCUT2D eigenvalue weighted by molar-refractivity contribution is 5.90. The first-order valence-corrected chi connectivity index (χ1v) is 4.25. The Bertz CT molecular complexity index is 489. The number of nitrogens with zero attached hydrogens (tertiary/aromatic N) is 2. The van der Waals surface area contributed by atoms with Crippen molar-refractivity contribution in [3.05, 3.63) is 18.1 Å². The van der Waals surface area contributed by atoms with Gasteiger partial charge in [-0.2, -0.15) is 0 Å². The predicted octanol–water partition coefficient (Wildman–Crippen LogP) is 1.22. The van der Waals surface area contributed by atoms with Gasteiger partial charge < -0.3 is 10.3 Å². The number of pyridine rings is 1. The van der Waals surface area contributed by atoms with Crippen molar-refractivity contribution in [2.75, 3.05) is 5.32 Å². The Balaban J connectivity index is 2.45. The number of amides is 1. The van der Waals surface area contributed by atoms with Crippen LogP contribution in [-0.2, 0) is 4.79 Å². The van der Waals surface area contributed by atoms with Crippen LogP contribution < -0.4 is 5.32 Å². The average Bonchev–Trinajstić information content (AvgIpc) is 2.42. The minimum atomic E-state index is -0.109. The van der Waals surface area contributed by atoms with Gasteiger partial charge in [-0.1, -0.05) is 0 Å². The Morgan fingerprint density at radius 2 is 2.36 bits per heavy atom. The molecule has 0 bridgehead atoms. The van der Waals surface area contributed by atoms with Gasteiger partial charge in [-0.3, -0.25) is 4.79 Å². The molecule has 72 valence electrons. The van der Waals surface area contributed by atoms with Gasteiger partial charge in [0.25, 0.3) is 0 Å². The molecule has 0 radical (unpaired) electrons. The van der Waals surface area contributed by atoms with Crippen molar-refractivity contribution in [1.82, 2.24) is 15.0 Å². The highest BCUT2D eigenvalue weighted by Crippen LogP contribution is 2.13. The second-order valence-corrected chi connectivity index (χ2v) is 3.10. The van der Waals surface area contributed by atoms with Crippen LogP contribution in [0.5, 0.6) is 0 Å². The summed E-state index contributed by atoms with van der Waals surface area (Å²) in [6.45, 7) is 3.32. The van der Waals surface area contributed by atoms with Crippen LogP contribution in [0.4, 0.5) is 5.69 Å². The summed E-state index contributed by atoms with van der Waals surface area (Å²) in [5, 5.41) is 2.66. The third-order valence-corrected chi connectivity index (χ3v) is 1.78. The van der Waals surface area contributed by atoms with E-state index >= 15 is 0 Å². The number of H-pyrrole nitrogens is 1. The Hall–Kier alpha value is -1.91. The van der Waals surface area contributed by atoms with Crippen molar-refractivity contribution in [2.45, 2.75) is 13.8 Å². The summed E-state index contributed by atoms with van der Waals surface area (Å²) in [7, 11) is 0. The summed E-state index contributed by atoms with van der Waals surface area (Å²) in [5.41, 5.74) is 2.17. The van der Waals surface area contributed by atoms with E-state index in [4.69, 9.17) is 0 Å². The van der Waals surface area contributed by atoms with E-state index in [1.165, 1.54) is 6.92 Å². The number of aromatic nitrogens is 3. The normalized spacial score (nSPS) is 10.4. The maximum absolute atomic E-state index is 10.8. The molecular formula is C9H10N4O. The largest absolute Gasteiger partial charge is 0.341 e. The minimum absolute atomic E-state index is 0.109. The molecule has 5 nitrogen and oxygen atoms in total. The summed E-state index contributed by atoms with van der Waals surface area (Å²) >= 11 is 0. The Morgan fingerprint density at radius 1 is 1.57 bits per heavy atom. The van der Waals surface area contributed by atoms with Crippen LogP contribution in [0.3, 0.4) is 0 Å². The number of nitrogens with one attached hydrogen (secondary N) is 2. The second kappa shape index (κ2) is 3.10. The molecule has 5 heteroatoms. The smallest absolute Gasteiger partial charge is 0.221 e. The Labute approximate surface area is 80.6 Å². The quantitative estimate of drug-likeness (QED) is 0.710. The first-order valence-electron chi connectivity index (χ1n) is 4.25. The molecule has 2 rings (SSSR count). The van der Waals surface area contributed by atoms with Gasteiger partial charge in [-0.05, 0) is 13.0 Å². The average molecular weight is 190 g/mol. The monoisotopic (exact) mass is 190 g/mol. The van der Waals surface area contributed by atoms with Crippen LogP contribution in [0.25, 0.3) is 11.2 Å². The van der Waals surface area contributed by atoms with E-state index < -0.39 is 0 Å². The summed E-state index contributed by atoms with van der Waals surface area (Å²) in [5.74, 6) is 0.704. The number of fused-ring (bicyclic) bond motifs is 1. The van der Waals surface area contributed by atoms with Gasteiger partial charge in [0.15, 0.2) is 5.65 Å². The number of hydrogen-bond acceptors (Lipinski definition) is 3. The van der Waals surface area contributed by atoms with Crippen LogP contribution in [0, 0.1) is 6.92 Å². The highest BCUT2D eigenvalue weighted by atomic mass is 16.1. The molecule has 1 amide bonds. The fourth-order valence-corrected chi connectivity index (χ4v) is 1.29. The standard InChI is InChI=1S/C9H10N4O/c1-5-11-8-3-7(13-6(2)14)4-10-9(8)12-5/h3-4H,1-2H3,(H,13,14)(H,10,11,12). The van der Waals surface area contributed by atoms with Crippen LogP contribution >= 0.6 is 0 Å². The number of rotatable bonds is 1. The van der Waals surface area contributed by atoms with Crippen molar-refractivity contribution in [1.29, 1.82) is 0 Å². The second-order valence-electron chi connectivity index (χ2n) is 3.10. The van der Waals surface area contributed by atoms with Crippen LogP contribution in [0.15, 0.2) is 12.3 Å². The van der Waals surface area contributed by atoms with Crippen molar-refractivity contribution in [3.63, 3.8) is 0 Å². The van der Waals surface area contributed by atoms with E-state index in [9.17, 15) is 4.79 Å². The lowest BCUT2D eigenvalue weighted by Gasteiger charge is -1.99. The van der Waals surface area contributed by atoms with Crippen LogP contribution in [0.1, 0.15) is 12.7 Å². The lowest BCUT2D eigenvalue weighted by atomic mass is 10.4. The van der Waals surface area contributed by atoms with E-state index in [2.05, 4.69) is 20.3 Å². The SMILES string of the molecule is CC(=O)Nc1cnc2nc(C)[nH]c2c1. The third-order valence-electron chi connectivity index (χ3n) is 1.78. The van der Waals surface area contributed by atoms with E-state index in [1.54, 1.807) is 6.20 Å². The summed E-state index contributed by atoms with van der Waals surface area (Å²) in [6.07, 6.45) is 1.59. The number of carbonyl (C=O) groups excluding carboxylic acids is 1. The molecule has 2 N–H and O–H groups in total. The molecule has 2 aromatic rings. The van der Waals surface area contributed by atoms with Gasteiger partial charge in [0.1, 0.15) is 5.82 Å². The molecular weight excluding hydrogens is 180 g/mol. The highest BCUT2D eigenvalue weighted by Gasteiger charge is 2.02. The molecule has 2 heterocycles. The fraction of sp³-hybridized carbons (Fsp3) is 0.222. The summed E-state index contributed by atoms with van der Waals surface area (Å²) < 4.78 is 0. The van der Waals surface area contributed by atoms with Gasteiger partial charge in [0.2, 0.25) is 5.91 Å². The lowest BCUT2D eigenvalue weighted by molar-refractivity contribution is -0.114. The maximum atomic E-state index is 10.8. The molecule has 0 aliphatic rings. The summed E-state index contributed by atoms with van der Waals surface area (Å²) in [6, 6.07) is 1.81. The zero-order valence-corrected chi connectivity index (χ0v) is 7.96. The van der Waals surface area contributed by atoms with Crippen molar-refractivity contribution >= 4 is 22.8 Å². The van der Waals surface area contributed by atoms with Gasteiger partial charge in [-0.25, -0.2) is 9.97 Å². The number of carbonyl (C=O) groups is 1. The first-order chi connectivity index (χ1) is 6.65. The van der Waals surface area contributed by atoms with Gasteiger partial charge in [0.05, 0.1) is 17.4 Å². The molecule has 0 atom stereocenters. The zero-order chi connectivity index (χ0) is 10.1. The zero-order valence-electron chi connectivity index (χ0n) is 7.96.